The first-order valence-corrected chi connectivity index (χ1v) is 13.9. The average molecular weight is 548 g/mol. The van der Waals surface area contributed by atoms with Gasteiger partial charge in [0.2, 0.25) is 5.91 Å². The predicted octanol–water partition coefficient (Wildman–Crippen LogP) is 6.19. The molecule has 0 N–H and O–H groups in total. The van der Waals surface area contributed by atoms with Crippen LogP contribution in [0.4, 0.5) is 8.78 Å². The van der Waals surface area contributed by atoms with Crippen LogP contribution >= 0.6 is 0 Å². The standard InChI is InChI=1S/C32H39F2N5O/c1-7-23(18-35)9-8-22(3)39-30(16-21(2)36-39)24-12-14-37(15-13-24)31(40)28-20-38(32(4,5)6)19-27(28)26-11-10-25(33)17-29(26)34/h7-11,16-17,24,27-28H,1,12-15,19-20H2,2-6H3/b22-8+,23-9+/t27-,28+/m0/s1. The lowest BCUT2D eigenvalue weighted by molar-refractivity contribution is -0.136. The number of amides is 1. The number of benzene rings is 1. The highest BCUT2D eigenvalue weighted by Gasteiger charge is 2.44. The molecule has 1 aromatic heterocycles. The summed E-state index contributed by atoms with van der Waals surface area (Å²) in [5, 5.41) is 13.9. The summed E-state index contributed by atoms with van der Waals surface area (Å²) in [5.74, 6) is -1.65. The van der Waals surface area contributed by atoms with Gasteiger partial charge in [0, 0.05) is 61.0 Å². The lowest BCUT2D eigenvalue weighted by atomic mass is 9.86. The number of allylic oxidation sites excluding steroid dienone is 5. The first kappa shape index (κ1) is 29.4. The number of aromatic nitrogens is 2. The van der Waals surface area contributed by atoms with Crippen molar-refractivity contribution < 1.29 is 13.6 Å². The number of carbonyl (C=O) groups excluding carboxylic acids is 1. The summed E-state index contributed by atoms with van der Waals surface area (Å²) in [7, 11) is 0. The van der Waals surface area contributed by atoms with Crippen molar-refractivity contribution in [1.82, 2.24) is 19.6 Å². The van der Waals surface area contributed by atoms with Crippen molar-refractivity contribution in [2.45, 2.75) is 64.8 Å². The van der Waals surface area contributed by atoms with E-state index in [1.54, 1.807) is 6.08 Å². The van der Waals surface area contributed by atoms with Crippen LogP contribution in [0.25, 0.3) is 5.70 Å². The van der Waals surface area contributed by atoms with Gasteiger partial charge in [0.25, 0.3) is 0 Å². The van der Waals surface area contributed by atoms with Crippen molar-refractivity contribution in [3.8, 4) is 6.07 Å². The normalized spacial score (nSPS) is 21.5. The molecule has 212 valence electrons. The Balaban J connectivity index is 1.51. The average Bonchev–Trinajstić information content (AvgIpc) is 3.53. The molecule has 8 heteroatoms. The van der Waals surface area contributed by atoms with Crippen LogP contribution in [0.2, 0.25) is 0 Å². The molecular formula is C32H39F2N5O. The van der Waals surface area contributed by atoms with Crippen molar-refractivity contribution >= 4 is 11.6 Å². The van der Waals surface area contributed by atoms with Crippen molar-refractivity contribution in [2.75, 3.05) is 26.2 Å². The molecule has 2 aliphatic rings. The van der Waals surface area contributed by atoms with Crippen LogP contribution in [0.3, 0.4) is 0 Å². The number of rotatable bonds is 6. The summed E-state index contributed by atoms with van der Waals surface area (Å²) in [5.41, 5.74) is 3.61. The zero-order chi connectivity index (χ0) is 29.2. The Kier molecular flexibility index (Phi) is 8.74. The lowest BCUT2D eigenvalue weighted by Crippen LogP contribution is -2.44. The zero-order valence-corrected chi connectivity index (χ0v) is 24.1. The molecule has 3 heterocycles. The largest absolute Gasteiger partial charge is 0.342 e. The summed E-state index contributed by atoms with van der Waals surface area (Å²) in [4.78, 5) is 18.0. The summed E-state index contributed by atoms with van der Waals surface area (Å²) < 4.78 is 30.5. The van der Waals surface area contributed by atoms with Crippen LogP contribution in [0, 0.1) is 35.8 Å². The highest BCUT2D eigenvalue weighted by molar-refractivity contribution is 5.81. The molecule has 2 aliphatic heterocycles. The van der Waals surface area contributed by atoms with Gasteiger partial charge in [-0.1, -0.05) is 18.7 Å². The molecule has 0 radical (unpaired) electrons. The number of nitrogens with zero attached hydrogens (tertiary/aromatic N) is 5. The highest BCUT2D eigenvalue weighted by atomic mass is 19.1. The van der Waals surface area contributed by atoms with E-state index in [0.29, 0.717) is 37.3 Å². The summed E-state index contributed by atoms with van der Waals surface area (Å²) in [6.45, 7) is 16.2. The van der Waals surface area contributed by atoms with Gasteiger partial charge in [-0.15, -0.1) is 0 Å². The van der Waals surface area contributed by atoms with Gasteiger partial charge in [-0.05, 0) is 77.3 Å². The zero-order valence-electron chi connectivity index (χ0n) is 24.1. The number of piperidine rings is 1. The van der Waals surface area contributed by atoms with Crippen molar-refractivity contribution in [3.63, 3.8) is 0 Å². The predicted molar refractivity (Wildman–Crippen MR) is 153 cm³/mol. The molecular weight excluding hydrogens is 508 g/mol. The number of nitriles is 1. The van der Waals surface area contributed by atoms with E-state index in [9.17, 15) is 18.8 Å². The monoisotopic (exact) mass is 547 g/mol. The number of likely N-dealkylation sites (tertiary alicyclic amines) is 2. The summed E-state index contributed by atoms with van der Waals surface area (Å²) in [6, 6.07) is 7.88. The van der Waals surface area contributed by atoms with E-state index in [2.05, 4.69) is 49.5 Å². The maximum Gasteiger partial charge on any atom is 0.227 e. The van der Waals surface area contributed by atoms with E-state index in [1.165, 1.54) is 18.2 Å². The van der Waals surface area contributed by atoms with Gasteiger partial charge in [0.15, 0.2) is 0 Å². The number of carbonyl (C=O) groups is 1. The molecule has 0 spiro atoms. The Morgan fingerprint density at radius 2 is 1.85 bits per heavy atom. The topological polar surface area (TPSA) is 65.2 Å². The molecule has 2 fully saturated rings. The van der Waals surface area contributed by atoms with Gasteiger partial charge in [-0.2, -0.15) is 10.4 Å². The Hall–Kier alpha value is -3.57. The van der Waals surface area contributed by atoms with Crippen molar-refractivity contribution in [2.24, 2.45) is 5.92 Å². The Labute approximate surface area is 236 Å². The molecule has 4 rings (SSSR count). The maximum atomic E-state index is 14.9. The van der Waals surface area contributed by atoms with Crippen LogP contribution in [-0.4, -0.2) is 57.2 Å². The van der Waals surface area contributed by atoms with E-state index >= 15 is 0 Å². The second kappa shape index (κ2) is 11.9. The van der Waals surface area contributed by atoms with Gasteiger partial charge in [-0.3, -0.25) is 9.69 Å². The fraction of sp³-hybridized carbons (Fsp3) is 0.469. The quantitative estimate of drug-likeness (QED) is 0.320. The molecule has 1 amide bonds. The first-order valence-electron chi connectivity index (χ1n) is 13.9. The third-order valence-electron chi connectivity index (χ3n) is 8.22. The Bertz CT molecular complexity index is 1370. The number of hydrogen-bond acceptors (Lipinski definition) is 4. The minimum Gasteiger partial charge on any atom is -0.342 e. The molecule has 40 heavy (non-hydrogen) atoms. The van der Waals surface area contributed by atoms with Gasteiger partial charge in [0.05, 0.1) is 23.3 Å². The van der Waals surface area contributed by atoms with E-state index in [-0.39, 0.29) is 29.2 Å². The highest BCUT2D eigenvalue weighted by Crippen LogP contribution is 2.39. The fourth-order valence-electron chi connectivity index (χ4n) is 5.87. The minimum absolute atomic E-state index is 0.0401. The SMILES string of the molecule is C=C/C(C#N)=C\C=C(/C)n1nc(C)cc1C1CCN(C(=O)[C@@H]2CN(C(C)(C)C)C[C@H]2c2ccc(F)cc2F)CC1. The molecule has 6 nitrogen and oxygen atoms in total. The third-order valence-corrected chi connectivity index (χ3v) is 8.22. The van der Waals surface area contributed by atoms with E-state index in [0.717, 1.165) is 36.0 Å². The molecule has 0 bridgehead atoms. The minimum atomic E-state index is -0.612. The lowest BCUT2D eigenvalue weighted by Gasteiger charge is -2.35. The maximum absolute atomic E-state index is 14.9. The summed E-state index contributed by atoms with van der Waals surface area (Å²) >= 11 is 0. The molecule has 0 aliphatic carbocycles. The van der Waals surface area contributed by atoms with Gasteiger partial charge < -0.3 is 4.90 Å². The third kappa shape index (κ3) is 6.26. The number of halogens is 2. The van der Waals surface area contributed by atoms with Crippen LogP contribution in [-0.2, 0) is 4.79 Å². The van der Waals surface area contributed by atoms with E-state index < -0.39 is 11.6 Å². The molecule has 2 aromatic rings. The first-order chi connectivity index (χ1) is 18.9. The molecule has 2 atom stereocenters. The van der Waals surface area contributed by atoms with Crippen molar-refractivity contribution in [3.05, 3.63) is 83.2 Å². The smallest absolute Gasteiger partial charge is 0.227 e. The Morgan fingerprint density at radius 1 is 1.15 bits per heavy atom. The second-order valence-electron chi connectivity index (χ2n) is 11.9. The fourth-order valence-corrected chi connectivity index (χ4v) is 5.87. The van der Waals surface area contributed by atoms with Gasteiger partial charge >= 0.3 is 0 Å². The van der Waals surface area contributed by atoms with Gasteiger partial charge in [0.1, 0.15) is 11.6 Å². The van der Waals surface area contributed by atoms with Crippen LogP contribution in [0.1, 0.15) is 69.3 Å². The molecule has 0 saturated carbocycles. The molecule has 2 saturated heterocycles. The Morgan fingerprint density at radius 3 is 2.45 bits per heavy atom. The van der Waals surface area contributed by atoms with E-state index in [1.807, 2.05) is 29.5 Å². The van der Waals surface area contributed by atoms with Crippen molar-refractivity contribution in [1.29, 1.82) is 5.26 Å². The van der Waals surface area contributed by atoms with E-state index in [4.69, 9.17) is 0 Å². The second-order valence-corrected chi connectivity index (χ2v) is 11.9. The van der Waals surface area contributed by atoms with Crippen LogP contribution in [0.15, 0.2) is 54.6 Å². The number of hydrogen-bond donors (Lipinski definition) is 0. The van der Waals surface area contributed by atoms with Crippen LogP contribution in [0.5, 0.6) is 0 Å². The van der Waals surface area contributed by atoms with Crippen LogP contribution < -0.4 is 0 Å². The molecule has 0 unspecified atom stereocenters. The van der Waals surface area contributed by atoms with Gasteiger partial charge in [-0.25, -0.2) is 13.5 Å². The summed E-state index contributed by atoms with van der Waals surface area (Å²) in [6.07, 6.45) is 6.70. The molecule has 1 aromatic carbocycles. The number of aryl methyl sites for hydroxylation is 1.